The maximum atomic E-state index is 12.6. The van der Waals surface area contributed by atoms with Gasteiger partial charge in [0.1, 0.15) is 17.4 Å². The van der Waals surface area contributed by atoms with Gasteiger partial charge in [0.05, 0.1) is 17.8 Å². The van der Waals surface area contributed by atoms with Gasteiger partial charge in [-0.1, -0.05) is 53.5 Å². The van der Waals surface area contributed by atoms with Crippen LogP contribution >= 0.6 is 45.8 Å². The maximum absolute atomic E-state index is 12.6. The summed E-state index contributed by atoms with van der Waals surface area (Å²) in [6.07, 6.45) is 2.12. The summed E-state index contributed by atoms with van der Waals surface area (Å²) < 4.78 is 6.52. The molecule has 7 heteroatoms. The van der Waals surface area contributed by atoms with Crippen molar-refractivity contribution in [3.8, 4) is 11.8 Å². The van der Waals surface area contributed by atoms with E-state index in [1.165, 1.54) is 6.08 Å². The van der Waals surface area contributed by atoms with Gasteiger partial charge in [0, 0.05) is 20.6 Å². The van der Waals surface area contributed by atoms with Crippen LogP contribution in [0.15, 0.2) is 66.2 Å². The Labute approximate surface area is 204 Å². The molecule has 3 aromatic rings. The summed E-state index contributed by atoms with van der Waals surface area (Å²) in [5, 5.41) is 13.3. The van der Waals surface area contributed by atoms with Gasteiger partial charge >= 0.3 is 0 Å². The smallest absolute Gasteiger partial charge is 0.266 e. The summed E-state index contributed by atoms with van der Waals surface area (Å²) in [5.74, 6) is 0.117. The molecule has 1 N–H and O–H groups in total. The molecule has 0 aliphatic carbocycles. The van der Waals surface area contributed by atoms with E-state index < -0.39 is 5.91 Å². The first-order valence-corrected chi connectivity index (χ1v) is 11.0. The number of hydrogen-bond acceptors (Lipinski definition) is 3. The lowest BCUT2D eigenvalue weighted by Crippen LogP contribution is -2.13. The van der Waals surface area contributed by atoms with Crippen LogP contribution in [0.5, 0.6) is 5.75 Å². The van der Waals surface area contributed by atoms with Gasteiger partial charge in [-0.3, -0.25) is 4.79 Å². The van der Waals surface area contributed by atoms with Crippen molar-refractivity contribution in [2.24, 2.45) is 0 Å². The second-order valence-corrected chi connectivity index (χ2v) is 8.53. The normalized spacial score (nSPS) is 11.0. The zero-order valence-electron chi connectivity index (χ0n) is 16.5. The lowest BCUT2D eigenvalue weighted by atomic mass is 10.0. The average molecular weight is 563 g/mol. The number of para-hydroxylation sites is 1. The van der Waals surface area contributed by atoms with E-state index in [1.807, 2.05) is 36.4 Å². The summed E-state index contributed by atoms with van der Waals surface area (Å²) in [4.78, 5) is 12.6. The molecule has 1 amide bonds. The fraction of sp³-hybridized carbons (Fsp3) is 0.0833. The van der Waals surface area contributed by atoms with Crippen LogP contribution in [0.2, 0.25) is 10.0 Å². The Morgan fingerprint density at radius 2 is 1.81 bits per heavy atom. The van der Waals surface area contributed by atoms with Crippen LogP contribution in [-0.4, -0.2) is 13.0 Å². The van der Waals surface area contributed by atoms with E-state index in [1.54, 1.807) is 37.4 Å². The molecule has 0 aliphatic heterocycles. The van der Waals surface area contributed by atoms with E-state index >= 15 is 0 Å². The number of nitriles is 1. The predicted molar refractivity (Wildman–Crippen MR) is 134 cm³/mol. The van der Waals surface area contributed by atoms with Crippen molar-refractivity contribution in [3.63, 3.8) is 0 Å². The Morgan fingerprint density at radius 3 is 2.45 bits per heavy atom. The first kappa shape index (κ1) is 23.1. The maximum Gasteiger partial charge on any atom is 0.266 e. The van der Waals surface area contributed by atoms with Crippen molar-refractivity contribution in [2.75, 3.05) is 12.4 Å². The Balaban J connectivity index is 1.91. The SMILES string of the molecule is COc1cc(/C=C(\C#N)C(=O)Nc2ccccc2Cl)cc(I)c1Cc1ccccc1Cl. The van der Waals surface area contributed by atoms with Crippen LogP contribution in [0.1, 0.15) is 16.7 Å². The Kier molecular flexibility index (Phi) is 7.97. The minimum absolute atomic E-state index is 0.0448. The molecule has 0 bridgehead atoms. The number of carbonyl (C=O) groups excluding carboxylic acids is 1. The van der Waals surface area contributed by atoms with Gasteiger partial charge in [-0.05, 0) is 70.1 Å². The van der Waals surface area contributed by atoms with E-state index in [2.05, 4.69) is 27.9 Å². The number of amides is 1. The van der Waals surface area contributed by atoms with E-state index in [0.717, 1.165) is 14.7 Å². The average Bonchev–Trinajstić information content (AvgIpc) is 2.76. The highest BCUT2D eigenvalue weighted by Crippen LogP contribution is 2.31. The highest BCUT2D eigenvalue weighted by atomic mass is 127. The van der Waals surface area contributed by atoms with E-state index in [4.69, 9.17) is 27.9 Å². The van der Waals surface area contributed by atoms with E-state index in [0.29, 0.717) is 33.5 Å². The highest BCUT2D eigenvalue weighted by molar-refractivity contribution is 14.1. The first-order chi connectivity index (χ1) is 14.9. The molecular weight excluding hydrogens is 546 g/mol. The third-order valence-electron chi connectivity index (χ3n) is 4.52. The van der Waals surface area contributed by atoms with Crippen LogP contribution in [0.25, 0.3) is 6.08 Å². The Hall–Kier alpha value is -2.53. The lowest BCUT2D eigenvalue weighted by molar-refractivity contribution is -0.112. The molecule has 0 atom stereocenters. The molecule has 0 spiro atoms. The highest BCUT2D eigenvalue weighted by Gasteiger charge is 2.15. The number of ether oxygens (including phenoxy) is 1. The molecule has 0 fully saturated rings. The van der Waals surface area contributed by atoms with Crippen LogP contribution in [-0.2, 0) is 11.2 Å². The molecular formula is C24H17Cl2IN2O2. The second-order valence-electron chi connectivity index (χ2n) is 6.56. The summed E-state index contributed by atoms with van der Waals surface area (Å²) in [7, 11) is 1.59. The molecule has 0 saturated heterocycles. The van der Waals surface area contributed by atoms with Crippen molar-refractivity contribution in [1.29, 1.82) is 5.26 Å². The molecule has 0 aromatic heterocycles. The molecule has 0 unspecified atom stereocenters. The zero-order valence-corrected chi connectivity index (χ0v) is 20.1. The van der Waals surface area contributed by atoms with Gasteiger partial charge < -0.3 is 10.1 Å². The first-order valence-electron chi connectivity index (χ1n) is 9.20. The summed E-state index contributed by atoms with van der Waals surface area (Å²) in [6.45, 7) is 0. The van der Waals surface area contributed by atoms with Crippen LogP contribution < -0.4 is 10.1 Å². The topological polar surface area (TPSA) is 62.1 Å². The molecule has 156 valence electrons. The molecule has 4 nitrogen and oxygen atoms in total. The summed E-state index contributed by atoms with van der Waals surface area (Å²) in [6, 6.07) is 20.2. The number of halogens is 3. The minimum atomic E-state index is -0.537. The molecule has 0 saturated carbocycles. The standard InChI is InChI=1S/C24H17Cl2IN2O2/c1-31-23-12-15(11-21(27)18(23)13-16-6-2-3-7-19(16)25)10-17(14-28)24(30)29-22-9-5-4-8-20(22)26/h2-12H,13H2,1H3,(H,29,30)/b17-10+. The third-order valence-corrected chi connectivity index (χ3v) is 6.18. The van der Waals surface area contributed by atoms with Gasteiger partial charge in [-0.25, -0.2) is 0 Å². The number of benzene rings is 3. The van der Waals surface area contributed by atoms with Gasteiger partial charge in [0.15, 0.2) is 0 Å². The number of rotatable bonds is 6. The van der Waals surface area contributed by atoms with Gasteiger partial charge in [-0.15, -0.1) is 0 Å². The van der Waals surface area contributed by atoms with Gasteiger partial charge in [-0.2, -0.15) is 5.26 Å². The number of carbonyl (C=O) groups is 1. The Bertz CT molecular complexity index is 1200. The fourth-order valence-electron chi connectivity index (χ4n) is 2.97. The van der Waals surface area contributed by atoms with Crippen LogP contribution in [0.3, 0.4) is 0 Å². The quantitative estimate of drug-likeness (QED) is 0.205. The molecule has 0 radical (unpaired) electrons. The fourth-order valence-corrected chi connectivity index (χ4v) is 4.17. The predicted octanol–water partition coefficient (Wildman–Crippen LogP) is 6.74. The summed E-state index contributed by atoms with van der Waals surface area (Å²) >= 11 is 14.6. The van der Waals surface area contributed by atoms with Crippen molar-refractivity contribution in [3.05, 3.63) is 96.5 Å². The molecule has 31 heavy (non-hydrogen) atoms. The number of hydrogen-bond donors (Lipinski definition) is 1. The number of methoxy groups -OCH3 is 1. The Morgan fingerprint density at radius 1 is 1.13 bits per heavy atom. The monoisotopic (exact) mass is 562 g/mol. The second kappa shape index (κ2) is 10.7. The van der Waals surface area contributed by atoms with Crippen LogP contribution in [0.4, 0.5) is 5.69 Å². The number of anilines is 1. The van der Waals surface area contributed by atoms with Crippen molar-refractivity contribution < 1.29 is 9.53 Å². The van der Waals surface area contributed by atoms with E-state index in [9.17, 15) is 10.1 Å². The number of nitrogens with one attached hydrogen (secondary N) is 1. The van der Waals surface area contributed by atoms with E-state index in [-0.39, 0.29) is 5.57 Å². The minimum Gasteiger partial charge on any atom is -0.496 e. The number of nitrogens with zero attached hydrogens (tertiary/aromatic N) is 1. The third kappa shape index (κ3) is 5.79. The van der Waals surface area contributed by atoms with Crippen molar-refractivity contribution >= 4 is 63.5 Å². The molecule has 3 rings (SSSR count). The van der Waals surface area contributed by atoms with Gasteiger partial charge in [0.25, 0.3) is 5.91 Å². The van der Waals surface area contributed by atoms with Gasteiger partial charge in [0.2, 0.25) is 0 Å². The van der Waals surface area contributed by atoms with Crippen LogP contribution in [0, 0.1) is 14.9 Å². The molecule has 0 aliphatic rings. The molecule has 0 heterocycles. The molecule has 3 aromatic carbocycles. The lowest BCUT2D eigenvalue weighted by Gasteiger charge is -2.13. The largest absolute Gasteiger partial charge is 0.496 e. The van der Waals surface area contributed by atoms with Crippen molar-refractivity contribution in [1.82, 2.24) is 0 Å². The van der Waals surface area contributed by atoms with Crippen molar-refractivity contribution in [2.45, 2.75) is 6.42 Å². The summed E-state index contributed by atoms with van der Waals surface area (Å²) in [5.41, 5.74) is 3.04. The zero-order chi connectivity index (χ0) is 22.4.